The van der Waals surface area contributed by atoms with Gasteiger partial charge in [-0.25, -0.2) is 0 Å². The van der Waals surface area contributed by atoms with E-state index >= 15 is 0 Å². The first-order valence-corrected chi connectivity index (χ1v) is 11.5. The van der Waals surface area contributed by atoms with Gasteiger partial charge in [0, 0.05) is 33.2 Å². The molecule has 5 aromatic rings. The first kappa shape index (κ1) is 19.7. The predicted molar refractivity (Wildman–Crippen MR) is 138 cm³/mol. The average Bonchev–Trinajstić information content (AvgIpc) is 3.03. The van der Waals surface area contributed by atoms with Crippen LogP contribution in [0.4, 0.5) is 11.4 Å². The molecule has 4 aromatic carbocycles. The second-order valence-corrected chi connectivity index (χ2v) is 8.55. The second-order valence-electron chi connectivity index (χ2n) is 8.55. The highest BCUT2D eigenvalue weighted by molar-refractivity contribution is 6.09. The fourth-order valence-electron chi connectivity index (χ4n) is 5.19. The maximum Gasteiger partial charge on any atom is 0.105 e. The van der Waals surface area contributed by atoms with Crippen molar-refractivity contribution in [2.24, 2.45) is 0 Å². The van der Waals surface area contributed by atoms with Gasteiger partial charge in [-0.15, -0.1) is 0 Å². The van der Waals surface area contributed by atoms with Gasteiger partial charge in [0.2, 0.25) is 0 Å². The fourth-order valence-corrected chi connectivity index (χ4v) is 5.19. The van der Waals surface area contributed by atoms with Gasteiger partial charge in [-0.05, 0) is 59.4 Å². The van der Waals surface area contributed by atoms with Gasteiger partial charge in [-0.2, -0.15) is 0 Å². The van der Waals surface area contributed by atoms with Crippen LogP contribution in [0.2, 0.25) is 0 Å². The van der Waals surface area contributed by atoms with Crippen molar-refractivity contribution in [2.75, 3.05) is 11.9 Å². The highest BCUT2D eigenvalue weighted by Crippen LogP contribution is 2.38. The molecule has 0 bridgehead atoms. The smallest absolute Gasteiger partial charge is 0.105 e. The van der Waals surface area contributed by atoms with Crippen molar-refractivity contribution in [1.82, 2.24) is 4.57 Å². The summed E-state index contributed by atoms with van der Waals surface area (Å²) in [6, 6.07) is 30.7. The minimum Gasteiger partial charge on any atom is -0.500 e. The Morgan fingerprint density at radius 2 is 1.64 bits per heavy atom. The number of ether oxygens (including phenoxy) is 1. The molecule has 3 nitrogen and oxygen atoms in total. The zero-order valence-corrected chi connectivity index (χ0v) is 18.6. The minimum atomic E-state index is 0.602. The molecule has 0 unspecified atom stereocenters. The maximum atomic E-state index is 5.47. The first-order valence-electron chi connectivity index (χ1n) is 11.5. The van der Waals surface area contributed by atoms with Crippen LogP contribution in [0.5, 0.6) is 0 Å². The number of nitrogens with zero attached hydrogens (tertiary/aromatic N) is 1. The lowest BCUT2D eigenvalue weighted by Gasteiger charge is -2.14. The Morgan fingerprint density at radius 1 is 0.818 bits per heavy atom. The van der Waals surface area contributed by atoms with Crippen LogP contribution in [0, 0.1) is 0 Å². The van der Waals surface area contributed by atoms with Gasteiger partial charge in [0.05, 0.1) is 12.8 Å². The Bertz CT molecular complexity index is 1490. The van der Waals surface area contributed by atoms with E-state index in [-0.39, 0.29) is 0 Å². The third kappa shape index (κ3) is 3.37. The molecule has 33 heavy (non-hydrogen) atoms. The molecule has 6 rings (SSSR count). The lowest BCUT2D eigenvalue weighted by molar-refractivity contribution is 0.239. The van der Waals surface area contributed by atoms with Gasteiger partial charge in [0.25, 0.3) is 0 Å². The van der Waals surface area contributed by atoms with Gasteiger partial charge < -0.3 is 14.6 Å². The van der Waals surface area contributed by atoms with Crippen LogP contribution in [0.25, 0.3) is 32.9 Å². The third-order valence-electron chi connectivity index (χ3n) is 6.74. The van der Waals surface area contributed by atoms with E-state index in [0.29, 0.717) is 6.61 Å². The number of para-hydroxylation sites is 2. The van der Waals surface area contributed by atoms with Crippen molar-refractivity contribution in [3.8, 4) is 11.1 Å². The van der Waals surface area contributed by atoms with Gasteiger partial charge in [0.1, 0.15) is 6.61 Å². The topological polar surface area (TPSA) is 26.2 Å². The van der Waals surface area contributed by atoms with E-state index in [4.69, 9.17) is 4.74 Å². The van der Waals surface area contributed by atoms with Crippen molar-refractivity contribution >= 4 is 33.2 Å². The maximum absolute atomic E-state index is 5.47. The number of hydrogen-bond acceptors (Lipinski definition) is 2. The Kier molecular flexibility index (Phi) is 4.88. The average molecular weight is 431 g/mol. The zero-order valence-electron chi connectivity index (χ0n) is 18.6. The molecule has 0 saturated heterocycles. The van der Waals surface area contributed by atoms with Gasteiger partial charge >= 0.3 is 0 Å². The number of aromatic nitrogens is 1. The Balaban J connectivity index is 1.49. The van der Waals surface area contributed by atoms with E-state index in [2.05, 4.69) is 101 Å². The van der Waals surface area contributed by atoms with Gasteiger partial charge in [-0.1, -0.05) is 67.2 Å². The van der Waals surface area contributed by atoms with Crippen molar-refractivity contribution in [3.63, 3.8) is 0 Å². The second kappa shape index (κ2) is 8.18. The molecule has 1 aromatic heterocycles. The molecular formula is C30H26N2O. The van der Waals surface area contributed by atoms with E-state index in [0.717, 1.165) is 19.4 Å². The van der Waals surface area contributed by atoms with E-state index in [1.54, 1.807) is 0 Å². The van der Waals surface area contributed by atoms with Crippen LogP contribution < -0.4 is 5.32 Å². The summed E-state index contributed by atoms with van der Waals surface area (Å²) in [6.45, 7) is 5.07. The Hall–Kier alpha value is -3.98. The Morgan fingerprint density at radius 3 is 2.58 bits per heavy atom. The van der Waals surface area contributed by atoms with Crippen LogP contribution in [0.3, 0.4) is 0 Å². The summed E-state index contributed by atoms with van der Waals surface area (Å²) in [6.07, 6.45) is 3.57. The number of hydrogen-bond donors (Lipinski definition) is 1. The SMILES string of the molecule is C=COCCn1c2ccccc2c2ccc(-c3cccc4c3CCc3ccccc3N4)cc21. The normalized spacial score (nSPS) is 12.6. The molecule has 0 fully saturated rings. The molecule has 0 aliphatic carbocycles. The zero-order chi connectivity index (χ0) is 22.2. The molecule has 0 saturated carbocycles. The summed E-state index contributed by atoms with van der Waals surface area (Å²) >= 11 is 0. The lowest BCUT2D eigenvalue weighted by atomic mass is 9.94. The van der Waals surface area contributed by atoms with Crippen molar-refractivity contribution in [2.45, 2.75) is 19.4 Å². The summed E-state index contributed by atoms with van der Waals surface area (Å²) in [5.41, 5.74) is 10.2. The van der Waals surface area contributed by atoms with E-state index in [1.165, 1.54) is 61.7 Å². The highest BCUT2D eigenvalue weighted by atomic mass is 16.5. The summed E-state index contributed by atoms with van der Waals surface area (Å²) < 4.78 is 7.84. The summed E-state index contributed by atoms with van der Waals surface area (Å²) in [7, 11) is 0. The van der Waals surface area contributed by atoms with E-state index in [1.807, 2.05) is 0 Å². The standard InChI is InChI=1S/C30H26N2O/c1-2-33-19-18-32-29-13-6-4-9-25(29)26-17-15-22(20-30(26)32)23-10-7-12-28-24(23)16-14-21-8-3-5-11-27(21)31-28/h2-13,15,17,20,31H,1,14,16,18-19H2. The fraction of sp³-hybridized carbons (Fsp3) is 0.133. The number of nitrogens with one attached hydrogen (secondary N) is 1. The minimum absolute atomic E-state index is 0.602. The molecule has 2 heterocycles. The van der Waals surface area contributed by atoms with Gasteiger partial charge in [-0.3, -0.25) is 0 Å². The molecule has 162 valence electrons. The summed E-state index contributed by atoms with van der Waals surface area (Å²) in [5.74, 6) is 0. The molecule has 0 amide bonds. The molecule has 0 spiro atoms. The Labute approximate surface area is 193 Å². The molecule has 1 aliphatic heterocycles. The number of aryl methyl sites for hydroxylation is 1. The third-order valence-corrected chi connectivity index (χ3v) is 6.74. The number of anilines is 2. The van der Waals surface area contributed by atoms with E-state index in [9.17, 15) is 0 Å². The molecule has 1 N–H and O–H groups in total. The molecule has 1 aliphatic rings. The van der Waals surface area contributed by atoms with Crippen molar-refractivity contribution < 1.29 is 4.74 Å². The van der Waals surface area contributed by atoms with Crippen LogP contribution in [0.15, 0.2) is 97.8 Å². The van der Waals surface area contributed by atoms with Crippen LogP contribution in [0.1, 0.15) is 11.1 Å². The number of benzene rings is 4. The van der Waals surface area contributed by atoms with Crippen molar-refractivity contribution in [1.29, 1.82) is 0 Å². The molecular weight excluding hydrogens is 404 g/mol. The summed E-state index contributed by atoms with van der Waals surface area (Å²) in [5, 5.41) is 6.24. The molecule has 0 atom stereocenters. The van der Waals surface area contributed by atoms with E-state index < -0.39 is 0 Å². The van der Waals surface area contributed by atoms with Gasteiger partial charge in [0.15, 0.2) is 0 Å². The molecule has 3 heteroatoms. The van der Waals surface area contributed by atoms with Crippen LogP contribution >= 0.6 is 0 Å². The predicted octanol–water partition coefficient (Wildman–Crippen LogP) is 7.46. The van der Waals surface area contributed by atoms with Crippen molar-refractivity contribution in [3.05, 3.63) is 109 Å². The molecule has 0 radical (unpaired) electrons. The highest BCUT2D eigenvalue weighted by Gasteiger charge is 2.17. The van der Waals surface area contributed by atoms with Crippen LogP contribution in [-0.4, -0.2) is 11.2 Å². The quantitative estimate of drug-likeness (QED) is 0.231. The lowest BCUT2D eigenvalue weighted by Crippen LogP contribution is -2.03. The monoisotopic (exact) mass is 430 g/mol. The van der Waals surface area contributed by atoms with Crippen LogP contribution in [-0.2, 0) is 24.1 Å². The number of fused-ring (bicyclic) bond motifs is 5. The first-order chi connectivity index (χ1) is 16.3. The number of rotatable bonds is 5. The summed E-state index contributed by atoms with van der Waals surface area (Å²) in [4.78, 5) is 0. The largest absolute Gasteiger partial charge is 0.500 e.